The number of amides is 2. The van der Waals surface area contributed by atoms with Crippen LogP contribution in [-0.2, 0) is 19.6 Å². The van der Waals surface area contributed by atoms with Crippen molar-refractivity contribution in [2.24, 2.45) is 17.8 Å². The molecule has 7 rings (SSSR count). The number of rotatable bonds is 9. The molecule has 3 aliphatic carbocycles. The van der Waals surface area contributed by atoms with Crippen LogP contribution >= 0.6 is 11.3 Å². The first-order valence-corrected chi connectivity index (χ1v) is 20.6. The Labute approximate surface area is 304 Å². The number of benzene rings is 1. The highest BCUT2D eigenvalue weighted by atomic mass is 32.2. The summed E-state index contributed by atoms with van der Waals surface area (Å²) in [5.41, 5.74) is 2.61. The van der Waals surface area contributed by atoms with E-state index in [9.17, 15) is 18.0 Å². The second-order valence-electron chi connectivity index (χ2n) is 15.2. The van der Waals surface area contributed by atoms with Gasteiger partial charge < -0.3 is 19.7 Å². The van der Waals surface area contributed by atoms with Gasteiger partial charge >= 0.3 is 0 Å². The molecule has 3 heterocycles. The molecule has 51 heavy (non-hydrogen) atoms. The molecule has 2 aromatic heterocycles. The van der Waals surface area contributed by atoms with E-state index in [1.165, 1.54) is 0 Å². The van der Waals surface area contributed by atoms with Gasteiger partial charge in [-0.1, -0.05) is 26.0 Å². The van der Waals surface area contributed by atoms with Crippen molar-refractivity contribution in [1.82, 2.24) is 24.9 Å². The number of nitrogens with zero attached hydrogens (tertiary/aromatic N) is 3. The normalized spacial score (nSPS) is 27.2. The summed E-state index contributed by atoms with van der Waals surface area (Å²) in [6.07, 6.45) is 9.23. The van der Waals surface area contributed by atoms with Gasteiger partial charge in [0, 0.05) is 48.5 Å². The van der Waals surface area contributed by atoms with Gasteiger partial charge in [-0.25, -0.2) is 23.1 Å². The zero-order valence-electron chi connectivity index (χ0n) is 30.1. The van der Waals surface area contributed by atoms with Crippen LogP contribution in [0.5, 0.6) is 11.5 Å². The minimum atomic E-state index is -3.43. The number of allylic oxidation sites excluding steroid dienone is 1. The molecule has 3 saturated carbocycles. The Bertz CT molecular complexity index is 1960. The molecular weight excluding hydrogens is 687 g/mol. The monoisotopic (exact) mass is 735 g/mol. The summed E-state index contributed by atoms with van der Waals surface area (Å²) >= 11 is 1.54. The molecule has 11 nitrogen and oxygen atoms in total. The molecule has 0 spiro atoms. The molecule has 274 valence electrons. The number of methoxy groups -OCH3 is 1. The SMILES string of the molecule is COc1ccc2c(O[C@@H]3C[C@H]4C(=O)N[C@]5(CNS(=O)(=O)C6CC6)C[C@H]5C=CCCCCN(C)C(=O)[C@@H]4C3)cc(-c3nc(C(C)C)cs3)nc2c1C. The summed E-state index contributed by atoms with van der Waals surface area (Å²) < 4.78 is 40.8. The molecule has 2 N–H and O–H groups in total. The van der Waals surface area contributed by atoms with Gasteiger partial charge in [-0.15, -0.1) is 11.3 Å². The Morgan fingerprint density at radius 3 is 2.63 bits per heavy atom. The van der Waals surface area contributed by atoms with E-state index >= 15 is 0 Å². The summed E-state index contributed by atoms with van der Waals surface area (Å²) in [7, 11) is 0.0262. The quantitative estimate of drug-likeness (QED) is 0.266. The van der Waals surface area contributed by atoms with Crippen molar-refractivity contribution in [3.63, 3.8) is 0 Å². The molecule has 13 heteroatoms. The first kappa shape index (κ1) is 35.8. The number of aromatic nitrogens is 2. The Hall–Kier alpha value is -3.55. The number of carbonyl (C=O) groups excluding carboxylic acids is 2. The van der Waals surface area contributed by atoms with Crippen LogP contribution in [0.3, 0.4) is 0 Å². The van der Waals surface area contributed by atoms with Crippen LogP contribution in [0.2, 0.25) is 0 Å². The number of nitrogens with one attached hydrogen (secondary N) is 2. The van der Waals surface area contributed by atoms with Gasteiger partial charge in [-0.3, -0.25) is 9.59 Å². The zero-order valence-corrected chi connectivity index (χ0v) is 31.7. The molecule has 1 aromatic carbocycles. The van der Waals surface area contributed by atoms with Crippen LogP contribution in [0.4, 0.5) is 0 Å². The van der Waals surface area contributed by atoms with Gasteiger partial charge in [0.15, 0.2) is 0 Å². The maximum Gasteiger partial charge on any atom is 0.226 e. The van der Waals surface area contributed by atoms with Crippen LogP contribution in [0.1, 0.15) is 82.4 Å². The predicted molar refractivity (Wildman–Crippen MR) is 198 cm³/mol. The van der Waals surface area contributed by atoms with Gasteiger partial charge in [0.25, 0.3) is 0 Å². The van der Waals surface area contributed by atoms with Gasteiger partial charge in [0.1, 0.15) is 28.3 Å². The molecule has 0 radical (unpaired) electrons. The first-order chi connectivity index (χ1) is 24.4. The number of pyridine rings is 1. The second kappa shape index (κ2) is 14.1. The molecule has 3 fully saturated rings. The third-order valence-corrected chi connectivity index (χ3v) is 13.9. The Kier molecular flexibility index (Phi) is 9.92. The summed E-state index contributed by atoms with van der Waals surface area (Å²) in [6, 6.07) is 5.77. The van der Waals surface area contributed by atoms with E-state index in [0.29, 0.717) is 50.1 Å². The maximum absolute atomic E-state index is 14.3. The second-order valence-corrected chi connectivity index (χ2v) is 18.1. The summed E-state index contributed by atoms with van der Waals surface area (Å²) in [6.45, 7) is 6.95. The molecule has 0 saturated heterocycles. The smallest absolute Gasteiger partial charge is 0.226 e. The number of sulfonamides is 1. The number of aryl methyl sites for hydroxylation is 1. The molecule has 2 amide bonds. The lowest BCUT2D eigenvalue weighted by molar-refractivity contribution is -0.140. The van der Waals surface area contributed by atoms with Gasteiger partial charge in [-0.05, 0) is 76.3 Å². The van der Waals surface area contributed by atoms with E-state index in [4.69, 9.17) is 19.4 Å². The molecule has 0 unspecified atom stereocenters. The number of thiazole rings is 1. The molecule has 1 aliphatic heterocycles. The molecular formula is C38H49N5O6S2. The molecule has 3 aromatic rings. The van der Waals surface area contributed by atoms with Gasteiger partial charge in [0.05, 0.1) is 40.9 Å². The Balaban J connectivity index is 1.19. The fourth-order valence-electron chi connectivity index (χ4n) is 7.61. The topological polar surface area (TPSA) is 140 Å². The fraction of sp³-hybridized carbons (Fsp3) is 0.579. The highest BCUT2D eigenvalue weighted by molar-refractivity contribution is 7.90. The largest absolute Gasteiger partial charge is 0.496 e. The van der Waals surface area contributed by atoms with Crippen molar-refractivity contribution in [1.29, 1.82) is 0 Å². The van der Waals surface area contributed by atoms with Crippen molar-refractivity contribution in [2.45, 2.75) is 94.9 Å². The van der Waals surface area contributed by atoms with E-state index in [-0.39, 0.29) is 35.4 Å². The lowest BCUT2D eigenvalue weighted by atomic mass is 9.93. The molecule has 5 atom stereocenters. The predicted octanol–water partition coefficient (Wildman–Crippen LogP) is 5.73. The molecule has 0 bridgehead atoms. The average Bonchev–Trinajstić information content (AvgIpc) is 3.97. The number of ether oxygens (including phenoxy) is 2. The van der Waals surface area contributed by atoms with Crippen LogP contribution in [0.25, 0.3) is 21.6 Å². The van der Waals surface area contributed by atoms with E-state index in [0.717, 1.165) is 52.2 Å². The van der Waals surface area contributed by atoms with Crippen molar-refractivity contribution in [3.8, 4) is 22.2 Å². The highest BCUT2D eigenvalue weighted by Gasteiger charge is 2.56. The third kappa shape index (κ3) is 7.39. The first-order valence-electron chi connectivity index (χ1n) is 18.2. The average molecular weight is 736 g/mol. The van der Waals surface area contributed by atoms with E-state index in [1.807, 2.05) is 32.2 Å². The molecule has 4 aliphatic rings. The lowest BCUT2D eigenvalue weighted by Gasteiger charge is -2.27. The number of hydrogen-bond donors (Lipinski definition) is 2. The minimum Gasteiger partial charge on any atom is -0.496 e. The van der Waals surface area contributed by atoms with Crippen LogP contribution < -0.4 is 19.5 Å². The lowest BCUT2D eigenvalue weighted by Crippen LogP contribution is -2.51. The highest BCUT2D eigenvalue weighted by Crippen LogP contribution is 2.47. The van der Waals surface area contributed by atoms with Crippen molar-refractivity contribution < 1.29 is 27.5 Å². The Morgan fingerprint density at radius 1 is 1.12 bits per heavy atom. The number of hydrogen-bond acceptors (Lipinski definition) is 9. The summed E-state index contributed by atoms with van der Waals surface area (Å²) in [5, 5.41) is 6.59. The fourth-order valence-corrected chi connectivity index (χ4v) is 10.0. The van der Waals surface area contributed by atoms with Crippen molar-refractivity contribution in [3.05, 3.63) is 47.0 Å². The van der Waals surface area contributed by atoms with E-state index in [1.54, 1.807) is 23.3 Å². The van der Waals surface area contributed by atoms with Crippen molar-refractivity contribution >= 4 is 44.1 Å². The number of fused-ring (bicyclic) bond motifs is 3. The summed E-state index contributed by atoms with van der Waals surface area (Å²) in [4.78, 5) is 40.0. The Morgan fingerprint density at radius 2 is 1.90 bits per heavy atom. The minimum absolute atomic E-state index is 0.0282. The van der Waals surface area contributed by atoms with Crippen LogP contribution in [0.15, 0.2) is 35.7 Å². The van der Waals surface area contributed by atoms with Crippen LogP contribution in [0, 0.1) is 24.7 Å². The van der Waals surface area contributed by atoms with E-state index in [2.05, 4.69) is 41.4 Å². The van der Waals surface area contributed by atoms with Crippen LogP contribution in [-0.4, -0.2) is 79.2 Å². The van der Waals surface area contributed by atoms with Gasteiger partial charge in [-0.2, -0.15) is 0 Å². The third-order valence-electron chi connectivity index (χ3n) is 11.1. The number of carbonyl (C=O) groups is 2. The standard InChI is InChI=1S/C38H49N5O6S2/c1-22(2)31-20-50-36(41-31)30-18-33(27-13-14-32(48-5)23(3)34(27)40-30)49-25-16-28-29(17-25)37(45)43(4)15-9-7-6-8-10-24-19-38(24,42-35(28)44)21-39-51(46,47)26-11-12-26/h8,10,13-14,18,20,22,24-26,28-29,39H,6-7,9,11-12,15-17,19,21H2,1-5H3,(H,42,44)/t24-,25-,28-,29-,38+/m1/s1. The maximum atomic E-state index is 14.3. The summed E-state index contributed by atoms with van der Waals surface area (Å²) in [5.74, 6) is 0.162. The van der Waals surface area contributed by atoms with Gasteiger partial charge in [0.2, 0.25) is 21.8 Å². The zero-order chi connectivity index (χ0) is 36.1. The van der Waals surface area contributed by atoms with E-state index < -0.39 is 33.5 Å². The van der Waals surface area contributed by atoms with Crippen molar-refractivity contribution in [2.75, 3.05) is 27.2 Å².